The molecule has 4 heteroatoms. The van der Waals surface area contributed by atoms with Gasteiger partial charge < -0.3 is 10.2 Å². The Balaban J connectivity index is 1.83. The van der Waals surface area contributed by atoms with E-state index in [-0.39, 0.29) is 17.9 Å². The van der Waals surface area contributed by atoms with Crippen molar-refractivity contribution in [1.29, 1.82) is 0 Å². The first kappa shape index (κ1) is 11.4. The molecule has 0 unspecified atom stereocenters. The molecule has 4 nitrogen and oxygen atoms in total. The summed E-state index contributed by atoms with van der Waals surface area (Å²) in [6, 6.07) is 0.169. The van der Waals surface area contributed by atoms with Crippen molar-refractivity contribution in [3.8, 4) is 0 Å². The monoisotopic (exact) mass is 224 g/mol. The van der Waals surface area contributed by atoms with E-state index in [2.05, 4.69) is 5.32 Å². The minimum Gasteiger partial charge on any atom is -0.352 e. The van der Waals surface area contributed by atoms with Crippen LogP contribution in [0, 0.1) is 5.92 Å². The van der Waals surface area contributed by atoms with E-state index in [1.807, 2.05) is 4.90 Å². The van der Waals surface area contributed by atoms with Crippen LogP contribution in [0.5, 0.6) is 0 Å². The number of amides is 2. The van der Waals surface area contributed by atoms with Crippen molar-refractivity contribution in [2.45, 2.75) is 45.1 Å². The molecule has 0 spiro atoms. The lowest BCUT2D eigenvalue weighted by Gasteiger charge is -2.20. The van der Waals surface area contributed by atoms with Gasteiger partial charge in [-0.25, -0.2) is 0 Å². The second kappa shape index (κ2) is 4.85. The molecule has 1 saturated carbocycles. The van der Waals surface area contributed by atoms with E-state index in [0.717, 1.165) is 25.8 Å². The third kappa shape index (κ3) is 2.54. The minimum absolute atomic E-state index is 0.000153. The van der Waals surface area contributed by atoms with Gasteiger partial charge in [0.05, 0.1) is 0 Å². The van der Waals surface area contributed by atoms with Crippen LogP contribution in [-0.4, -0.2) is 35.8 Å². The van der Waals surface area contributed by atoms with Gasteiger partial charge in [-0.15, -0.1) is 0 Å². The number of nitrogens with one attached hydrogen (secondary N) is 1. The molecule has 1 aliphatic heterocycles. The number of likely N-dealkylation sites (tertiary alicyclic amines) is 1. The van der Waals surface area contributed by atoms with Crippen molar-refractivity contribution in [3.63, 3.8) is 0 Å². The molecule has 2 aliphatic rings. The van der Waals surface area contributed by atoms with Crippen LogP contribution in [0.1, 0.15) is 39.0 Å². The number of carbonyl (C=O) groups excluding carboxylic acids is 2. The lowest BCUT2D eigenvalue weighted by molar-refractivity contribution is -0.134. The first-order chi connectivity index (χ1) is 7.66. The summed E-state index contributed by atoms with van der Waals surface area (Å²) in [7, 11) is 0. The Kier molecular flexibility index (Phi) is 3.46. The van der Waals surface area contributed by atoms with Crippen LogP contribution >= 0.6 is 0 Å². The molecule has 16 heavy (non-hydrogen) atoms. The van der Waals surface area contributed by atoms with E-state index >= 15 is 0 Å². The average molecular weight is 224 g/mol. The van der Waals surface area contributed by atoms with E-state index in [4.69, 9.17) is 0 Å². The van der Waals surface area contributed by atoms with E-state index in [9.17, 15) is 9.59 Å². The highest BCUT2D eigenvalue weighted by Crippen LogP contribution is 2.27. The van der Waals surface area contributed by atoms with Gasteiger partial charge in [0.15, 0.2) is 0 Å². The van der Waals surface area contributed by atoms with Gasteiger partial charge in [-0.3, -0.25) is 9.59 Å². The van der Waals surface area contributed by atoms with Crippen LogP contribution in [0.2, 0.25) is 0 Å². The lowest BCUT2D eigenvalue weighted by Crippen LogP contribution is -2.39. The molecule has 1 atom stereocenters. The van der Waals surface area contributed by atoms with Gasteiger partial charge in [-0.2, -0.15) is 0 Å². The Hall–Kier alpha value is -1.06. The molecule has 1 N–H and O–H groups in total. The molecule has 0 aromatic rings. The molecule has 0 aromatic heterocycles. The van der Waals surface area contributed by atoms with Crippen LogP contribution in [-0.2, 0) is 9.59 Å². The van der Waals surface area contributed by atoms with Crippen molar-refractivity contribution in [2.75, 3.05) is 13.1 Å². The molecule has 90 valence electrons. The maximum absolute atomic E-state index is 12.1. The molecular weight excluding hydrogens is 204 g/mol. The van der Waals surface area contributed by atoms with Crippen LogP contribution in [0.4, 0.5) is 0 Å². The summed E-state index contributed by atoms with van der Waals surface area (Å²) in [6.45, 7) is 3.04. The molecular formula is C12H20N2O2. The molecule has 1 saturated heterocycles. The molecule has 0 aromatic carbocycles. The van der Waals surface area contributed by atoms with Gasteiger partial charge in [0.1, 0.15) is 0 Å². The second-order valence-corrected chi connectivity index (χ2v) is 4.95. The van der Waals surface area contributed by atoms with Gasteiger partial charge in [0.25, 0.3) is 0 Å². The van der Waals surface area contributed by atoms with Crippen LogP contribution in [0.3, 0.4) is 0 Å². The summed E-state index contributed by atoms with van der Waals surface area (Å²) in [4.78, 5) is 24.9. The van der Waals surface area contributed by atoms with E-state index in [1.165, 1.54) is 19.8 Å². The van der Waals surface area contributed by atoms with Crippen molar-refractivity contribution in [2.24, 2.45) is 5.92 Å². The van der Waals surface area contributed by atoms with Crippen molar-refractivity contribution >= 4 is 11.8 Å². The summed E-state index contributed by atoms with van der Waals surface area (Å²) in [6.07, 6.45) is 5.40. The highest BCUT2D eigenvalue weighted by atomic mass is 16.2. The summed E-state index contributed by atoms with van der Waals surface area (Å²) in [5.74, 6) is 0.571. The van der Waals surface area contributed by atoms with Crippen LogP contribution < -0.4 is 5.32 Å². The fourth-order valence-corrected chi connectivity index (χ4v) is 2.80. The number of nitrogens with zero attached hydrogens (tertiary/aromatic N) is 1. The molecule has 2 rings (SSSR count). The zero-order valence-electron chi connectivity index (χ0n) is 9.87. The number of carbonyl (C=O) groups is 2. The van der Waals surface area contributed by atoms with Crippen LogP contribution in [0.15, 0.2) is 0 Å². The summed E-state index contributed by atoms with van der Waals surface area (Å²) in [5.41, 5.74) is 0. The minimum atomic E-state index is 0.000153. The molecule has 1 aliphatic carbocycles. The van der Waals surface area contributed by atoms with Crippen molar-refractivity contribution in [3.05, 3.63) is 0 Å². The molecule has 0 bridgehead atoms. The highest BCUT2D eigenvalue weighted by Gasteiger charge is 2.32. The van der Waals surface area contributed by atoms with Crippen molar-refractivity contribution < 1.29 is 9.59 Å². The normalized spacial score (nSPS) is 26.1. The predicted octanol–water partition coefficient (Wildman–Crippen LogP) is 0.914. The first-order valence-corrected chi connectivity index (χ1v) is 6.22. The first-order valence-electron chi connectivity index (χ1n) is 6.22. The molecule has 2 amide bonds. The Bertz CT molecular complexity index is 285. The Morgan fingerprint density at radius 3 is 2.50 bits per heavy atom. The van der Waals surface area contributed by atoms with E-state index in [0.29, 0.717) is 12.5 Å². The summed E-state index contributed by atoms with van der Waals surface area (Å²) in [5, 5.41) is 2.88. The number of hydrogen-bond acceptors (Lipinski definition) is 2. The SMILES string of the molecule is CC(=O)N[C@H]1CCN(C(=O)C2CCCC2)C1. The van der Waals surface area contributed by atoms with E-state index < -0.39 is 0 Å². The zero-order chi connectivity index (χ0) is 11.5. The van der Waals surface area contributed by atoms with Gasteiger partial charge in [-0.05, 0) is 19.3 Å². The highest BCUT2D eigenvalue weighted by molar-refractivity contribution is 5.79. The largest absolute Gasteiger partial charge is 0.352 e. The summed E-state index contributed by atoms with van der Waals surface area (Å²) >= 11 is 0. The average Bonchev–Trinajstić information content (AvgIpc) is 2.84. The van der Waals surface area contributed by atoms with Crippen LogP contribution in [0.25, 0.3) is 0 Å². The van der Waals surface area contributed by atoms with Gasteiger partial charge >= 0.3 is 0 Å². The Morgan fingerprint density at radius 1 is 1.19 bits per heavy atom. The maximum atomic E-state index is 12.1. The zero-order valence-corrected chi connectivity index (χ0v) is 9.87. The van der Waals surface area contributed by atoms with Gasteiger partial charge in [0, 0.05) is 32.0 Å². The van der Waals surface area contributed by atoms with Gasteiger partial charge in [0.2, 0.25) is 11.8 Å². The third-order valence-electron chi connectivity index (χ3n) is 3.61. The fourth-order valence-electron chi connectivity index (χ4n) is 2.80. The number of hydrogen-bond donors (Lipinski definition) is 1. The van der Waals surface area contributed by atoms with E-state index in [1.54, 1.807) is 0 Å². The Labute approximate surface area is 96.4 Å². The summed E-state index contributed by atoms with van der Waals surface area (Å²) < 4.78 is 0. The standard InChI is InChI=1S/C12H20N2O2/c1-9(15)13-11-6-7-14(8-11)12(16)10-4-2-3-5-10/h10-11H,2-8H2,1H3,(H,13,15)/t11-/m0/s1. The fraction of sp³-hybridized carbons (Fsp3) is 0.833. The smallest absolute Gasteiger partial charge is 0.225 e. The molecule has 1 heterocycles. The molecule has 2 fully saturated rings. The molecule has 0 radical (unpaired) electrons. The second-order valence-electron chi connectivity index (χ2n) is 4.95. The Morgan fingerprint density at radius 2 is 1.88 bits per heavy atom. The van der Waals surface area contributed by atoms with Crippen molar-refractivity contribution in [1.82, 2.24) is 10.2 Å². The maximum Gasteiger partial charge on any atom is 0.225 e. The predicted molar refractivity (Wildman–Crippen MR) is 60.8 cm³/mol. The van der Waals surface area contributed by atoms with Gasteiger partial charge in [-0.1, -0.05) is 12.8 Å². The lowest BCUT2D eigenvalue weighted by atomic mass is 10.1. The third-order valence-corrected chi connectivity index (χ3v) is 3.61. The quantitative estimate of drug-likeness (QED) is 0.758. The number of rotatable bonds is 2. The topological polar surface area (TPSA) is 49.4 Å².